The average molecular weight is 489 g/mol. The minimum Gasteiger partial charge on any atom is -0.452 e. The Morgan fingerprint density at radius 1 is 0.917 bits per heavy atom. The Bertz CT molecular complexity index is 1700. The van der Waals surface area contributed by atoms with Gasteiger partial charge in [-0.1, -0.05) is 18.2 Å². The second kappa shape index (κ2) is 7.94. The first-order valence-electron chi connectivity index (χ1n) is 10.9. The van der Waals surface area contributed by atoms with Crippen molar-refractivity contribution < 1.29 is 32.2 Å². The molecule has 0 unspecified atom stereocenters. The summed E-state index contributed by atoms with van der Waals surface area (Å²) < 4.78 is 51.9. The molecule has 0 fully saturated rings. The van der Waals surface area contributed by atoms with Crippen molar-refractivity contribution in [1.29, 1.82) is 0 Å². The summed E-state index contributed by atoms with van der Waals surface area (Å²) in [4.78, 5) is 41.2. The number of benzene rings is 3. The molecule has 3 aromatic carbocycles. The summed E-state index contributed by atoms with van der Waals surface area (Å²) in [6.45, 7) is 0. The molecule has 0 amide bonds. The van der Waals surface area contributed by atoms with Gasteiger partial charge < -0.3 is 14.5 Å². The number of nitrogens with one attached hydrogen (secondary N) is 1. The first-order chi connectivity index (χ1) is 17.3. The summed E-state index contributed by atoms with van der Waals surface area (Å²) in [5.74, 6) is -6.41. The van der Waals surface area contributed by atoms with Crippen LogP contribution in [-0.4, -0.2) is 16.7 Å². The molecule has 6 rings (SSSR count). The van der Waals surface area contributed by atoms with E-state index in [1.54, 1.807) is 18.2 Å². The van der Waals surface area contributed by atoms with Crippen molar-refractivity contribution in [1.82, 2.24) is 4.98 Å². The molecule has 0 spiro atoms. The van der Waals surface area contributed by atoms with Gasteiger partial charge in [-0.15, -0.1) is 0 Å². The lowest BCUT2D eigenvalue weighted by Gasteiger charge is -2.26. The minimum absolute atomic E-state index is 0.0804. The Balaban J connectivity index is 1.49. The Morgan fingerprint density at radius 2 is 1.67 bits per heavy atom. The lowest BCUT2D eigenvalue weighted by molar-refractivity contribution is -0.135. The van der Waals surface area contributed by atoms with Crippen LogP contribution in [0.2, 0.25) is 0 Å². The van der Waals surface area contributed by atoms with Crippen molar-refractivity contribution in [2.24, 2.45) is 0 Å². The third-order valence-electron chi connectivity index (χ3n) is 6.24. The molecule has 9 heteroatoms. The van der Waals surface area contributed by atoms with E-state index in [-0.39, 0.29) is 40.4 Å². The fourth-order valence-corrected chi connectivity index (χ4v) is 4.60. The van der Waals surface area contributed by atoms with Crippen molar-refractivity contribution in [2.45, 2.75) is 12.3 Å². The number of aromatic nitrogens is 1. The summed E-state index contributed by atoms with van der Waals surface area (Å²) in [6, 6.07) is 13.2. The van der Waals surface area contributed by atoms with Crippen molar-refractivity contribution in [2.75, 3.05) is 0 Å². The van der Waals surface area contributed by atoms with Gasteiger partial charge in [0, 0.05) is 22.6 Å². The number of Topliss-reactive ketones (excluding diaryl/α,β-unsaturated/α-hetero) is 1. The number of hydrogen-bond donors (Lipinski definition) is 1. The molecule has 4 aromatic rings. The molecule has 0 saturated carbocycles. The van der Waals surface area contributed by atoms with Gasteiger partial charge in [0.1, 0.15) is 11.5 Å². The van der Waals surface area contributed by atoms with Gasteiger partial charge in [-0.2, -0.15) is 0 Å². The van der Waals surface area contributed by atoms with E-state index in [0.717, 1.165) is 23.6 Å². The SMILES string of the molecule is O=C1C[C@H](c2cc3ccccc3[nH]c2=O)c2c(ccc3c2O/C(=C/c2cc(F)c(F)c(F)c2)C3=O)O1. The Hall–Kier alpha value is -4.66. The zero-order valence-corrected chi connectivity index (χ0v) is 18.2. The monoisotopic (exact) mass is 489 g/mol. The summed E-state index contributed by atoms with van der Waals surface area (Å²) in [6.07, 6.45) is 0.920. The number of esters is 1. The van der Waals surface area contributed by atoms with Gasteiger partial charge in [0.05, 0.1) is 12.0 Å². The molecule has 0 aliphatic carbocycles. The van der Waals surface area contributed by atoms with E-state index in [2.05, 4.69) is 4.98 Å². The highest BCUT2D eigenvalue weighted by atomic mass is 19.2. The summed E-state index contributed by atoms with van der Waals surface area (Å²) in [5.41, 5.74) is 0.846. The number of fused-ring (bicyclic) bond motifs is 4. The maximum Gasteiger partial charge on any atom is 0.312 e. The van der Waals surface area contributed by atoms with Crippen molar-refractivity contribution in [3.05, 3.63) is 110 Å². The van der Waals surface area contributed by atoms with E-state index in [1.807, 2.05) is 12.1 Å². The van der Waals surface area contributed by atoms with Gasteiger partial charge in [0.2, 0.25) is 5.78 Å². The van der Waals surface area contributed by atoms with Gasteiger partial charge in [-0.05, 0) is 53.4 Å². The fraction of sp³-hybridized carbons (Fsp3) is 0.0741. The Labute approximate surface area is 200 Å². The van der Waals surface area contributed by atoms with Gasteiger partial charge >= 0.3 is 5.97 Å². The van der Waals surface area contributed by atoms with Crippen molar-refractivity contribution >= 4 is 28.7 Å². The largest absolute Gasteiger partial charge is 0.452 e. The van der Waals surface area contributed by atoms with Gasteiger partial charge in [0.15, 0.2) is 23.2 Å². The topological polar surface area (TPSA) is 85.5 Å². The molecule has 2 aliphatic rings. The highest BCUT2D eigenvalue weighted by Gasteiger charge is 2.39. The van der Waals surface area contributed by atoms with Crippen LogP contribution in [-0.2, 0) is 4.79 Å². The zero-order valence-electron chi connectivity index (χ0n) is 18.2. The number of hydrogen-bond acceptors (Lipinski definition) is 5. The minimum atomic E-state index is -1.63. The van der Waals surface area contributed by atoms with Crippen LogP contribution in [0.15, 0.2) is 65.2 Å². The number of rotatable bonds is 2. The zero-order chi connectivity index (χ0) is 25.1. The number of carbonyl (C=O) groups excluding carboxylic acids is 2. The van der Waals surface area contributed by atoms with Crippen LogP contribution >= 0.6 is 0 Å². The maximum absolute atomic E-state index is 13.7. The molecular weight excluding hydrogens is 475 g/mol. The van der Waals surface area contributed by atoms with Gasteiger partial charge in [-0.25, -0.2) is 13.2 Å². The van der Waals surface area contributed by atoms with Gasteiger partial charge in [-0.3, -0.25) is 14.4 Å². The van der Waals surface area contributed by atoms with E-state index in [0.29, 0.717) is 11.1 Å². The number of para-hydroxylation sites is 1. The number of allylic oxidation sites excluding steroid dienone is 1. The van der Waals surface area contributed by atoms with E-state index >= 15 is 0 Å². The van der Waals surface area contributed by atoms with Crippen LogP contribution in [0.4, 0.5) is 13.2 Å². The number of ketones is 1. The maximum atomic E-state index is 13.7. The van der Waals surface area contributed by atoms with Crippen molar-refractivity contribution in [3.63, 3.8) is 0 Å². The predicted molar refractivity (Wildman–Crippen MR) is 122 cm³/mol. The normalized spacial score (nSPS) is 17.6. The molecule has 1 atom stereocenters. The molecule has 3 heterocycles. The first-order valence-corrected chi connectivity index (χ1v) is 10.9. The Kier molecular flexibility index (Phi) is 4.82. The summed E-state index contributed by atoms with van der Waals surface area (Å²) in [7, 11) is 0. The number of pyridine rings is 1. The van der Waals surface area contributed by atoms with Crippen LogP contribution in [0.3, 0.4) is 0 Å². The van der Waals surface area contributed by atoms with Crippen LogP contribution in [0.1, 0.15) is 39.4 Å². The number of ether oxygens (including phenoxy) is 2. The van der Waals surface area contributed by atoms with Crippen LogP contribution in [0.5, 0.6) is 11.5 Å². The number of halogens is 3. The highest BCUT2D eigenvalue weighted by Crippen LogP contribution is 2.48. The van der Waals surface area contributed by atoms with E-state index < -0.39 is 40.7 Å². The molecule has 0 saturated heterocycles. The third kappa shape index (κ3) is 3.39. The van der Waals surface area contributed by atoms with Crippen LogP contribution < -0.4 is 15.0 Å². The molecule has 36 heavy (non-hydrogen) atoms. The quantitative estimate of drug-likeness (QED) is 0.185. The molecular formula is C27H14F3NO5. The molecule has 1 aromatic heterocycles. The third-order valence-corrected chi connectivity index (χ3v) is 6.24. The molecule has 0 bridgehead atoms. The van der Waals surface area contributed by atoms with Gasteiger partial charge in [0.25, 0.3) is 5.56 Å². The number of H-pyrrole nitrogens is 1. The van der Waals surface area contributed by atoms with Crippen LogP contribution in [0.25, 0.3) is 17.0 Å². The molecule has 2 aliphatic heterocycles. The average Bonchev–Trinajstić information content (AvgIpc) is 3.16. The molecule has 1 N–H and O–H groups in total. The summed E-state index contributed by atoms with van der Waals surface area (Å²) in [5, 5.41) is 0.748. The summed E-state index contributed by atoms with van der Waals surface area (Å²) >= 11 is 0. The number of aromatic amines is 1. The van der Waals surface area contributed by atoms with E-state index in [1.165, 1.54) is 12.1 Å². The molecule has 178 valence electrons. The first kappa shape index (κ1) is 21.8. The fourth-order valence-electron chi connectivity index (χ4n) is 4.60. The standard InChI is InChI=1S/C27H14F3NO5/c28-17-7-12(8-18(29)24(17)30)9-21-25(33)14-5-6-20-23(26(14)36-21)15(11-22(32)35-20)16-10-13-3-1-2-4-19(13)31-27(16)34/h1-10,15H,11H2,(H,31,34)/b21-9+/t15-/m1/s1. The van der Waals surface area contributed by atoms with E-state index in [4.69, 9.17) is 9.47 Å². The lowest BCUT2D eigenvalue weighted by Crippen LogP contribution is -2.26. The lowest BCUT2D eigenvalue weighted by atomic mass is 9.85. The van der Waals surface area contributed by atoms with Crippen LogP contribution in [0, 0.1) is 17.5 Å². The van der Waals surface area contributed by atoms with Crippen molar-refractivity contribution in [3.8, 4) is 11.5 Å². The molecule has 0 radical (unpaired) electrons. The predicted octanol–water partition coefficient (Wildman–Crippen LogP) is 5.00. The molecule has 6 nitrogen and oxygen atoms in total. The second-order valence-corrected chi connectivity index (χ2v) is 8.46. The van der Waals surface area contributed by atoms with E-state index in [9.17, 15) is 27.6 Å². The number of carbonyl (C=O) groups is 2. The smallest absolute Gasteiger partial charge is 0.312 e. The highest BCUT2D eigenvalue weighted by molar-refractivity contribution is 6.15. The second-order valence-electron chi connectivity index (χ2n) is 8.46. The Morgan fingerprint density at radius 3 is 2.44 bits per heavy atom.